The molecule has 0 saturated carbocycles. The van der Waals surface area contributed by atoms with Crippen LogP contribution >= 0.6 is 0 Å². The number of rotatable bonds is 2. The Morgan fingerprint density at radius 1 is 1.00 bits per heavy atom. The second-order valence-electron chi connectivity index (χ2n) is 4.53. The lowest BCUT2D eigenvalue weighted by molar-refractivity contribution is 0.463. The highest BCUT2D eigenvalue weighted by Gasteiger charge is 2.25. The van der Waals surface area contributed by atoms with Gasteiger partial charge < -0.3 is 10.2 Å². The predicted octanol–water partition coefficient (Wildman–Crippen LogP) is 2.63. The van der Waals surface area contributed by atoms with Crippen LogP contribution in [0.25, 0.3) is 11.1 Å². The summed E-state index contributed by atoms with van der Waals surface area (Å²) in [7, 11) is -4.55. The van der Waals surface area contributed by atoms with Crippen molar-refractivity contribution in [1.82, 2.24) is 0 Å². The maximum absolute atomic E-state index is 11.6. The van der Waals surface area contributed by atoms with E-state index in [1.807, 2.05) is 0 Å². The first-order valence-electron chi connectivity index (χ1n) is 5.82. The smallest absolute Gasteiger partial charge is 0.295 e. The minimum atomic E-state index is -4.55. The topological polar surface area (TPSA) is 94.8 Å². The third-order valence-corrected chi connectivity index (χ3v) is 4.23. The van der Waals surface area contributed by atoms with Crippen LogP contribution in [0.2, 0.25) is 0 Å². The van der Waals surface area contributed by atoms with Crippen molar-refractivity contribution in [1.29, 1.82) is 0 Å². The molecule has 106 valence electrons. The monoisotopic (exact) mass is 294 g/mol. The molecule has 0 unspecified atom stereocenters. The summed E-state index contributed by atoms with van der Waals surface area (Å²) in [6.07, 6.45) is 0. The van der Waals surface area contributed by atoms with Crippen molar-refractivity contribution in [2.24, 2.45) is 0 Å². The third kappa shape index (κ3) is 2.35. The fourth-order valence-corrected chi connectivity index (χ4v) is 3.16. The summed E-state index contributed by atoms with van der Waals surface area (Å²) in [6.45, 7) is 3.15. The van der Waals surface area contributed by atoms with E-state index in [0.29, 0.717) is 11.1 Å². The Labute approximate surface area is 116 Å². The number of phenolic OH excluding ortho intramolecular Hbond substituents is 2. The summed E-state index contributed by atoms with van der Waals surface area (Å²) in [4.78, 5) is -0.392. The molecular formula is C14H14O5S. The Hall–Kier alpha value is -2.05. The van der Waals surface area contributed by atoms with E-state index < -0.39 is 15.0 Å². The average Bonchev–Trinajstić information content (AvgIpc) is 2.33. The summed E-state index contributed by atoms with van der Waals surface area (Å²) in [6, 6.07) is 7.40. The molecule has 2 aromatic carbocycles. The van der Waals surface area contributed by atoms with Crippen molar-refractivity contribution >= 4 is 10.1 Å². The molecule has 0 amide bonds. The highest BCUT2D eigenvalue weighted by molar-refractivity contribution is 7.86. The summed E-state index contributed by atoms with van der Waals surface area (Å²) in [5.41, 5.74) is 0.882. The molecule has 0 fully saturated rings. The molecule has 0 aliphatic carbocycles. The lowest BCUT2D eigenvalue weighted by atomic mass is 9.98. The van der Waals surface area contributed by atoms with E-state index in [2.05, 4.69) is 0 Å². The number of hydrogen-bond donors (Lipinski definition) is 3. The molecule has 0 radical (unpaired) electrons. The van der Waals surface area contributed by atoms with Crippen molar-refractivity contribution in [2.75, 3.05) is 0 Å². The Bertz CT molecular complexity index is 778. The van der Waals surface area contributed by atoms with E-state index in [0.717, 1.165) is 0 Å². The van der Waals surface area contributed by atoms with Gasteiger partial charge in [-0.05, 0) is 37.1 Å². The molecule has 0 aliphatic rings. The van der Waals surface area contributed by atoms with Crippen LogP contribution in [0.5, 0.6) is 11.5 Å². The van der Waals surface area contributed by atoms with Crippen LogP contribution in [0.3, 0.4) is 0 Å². The van der Waals surface area contributed by atoms with E-state index in [1.54, 1.807) is 19.1 Å². The van der Waals surface area contributed by atoms with Gasteiger partial charge in [-0.1, -0.05) is 18.2 Å². The van der Waals surface area contributed by atoms with Gasteiger partial charge in [0.25, 0.3) is 10.1 Å². The van der Waals surface area contributed by atoms with Crippen molar-refractivity contribution in [3.8, 4) is 22.6 Å². The standard InChI is InChI=1S/C14H14O5S/c1-8-7-12(16)13(10-5-3-4-6-11(10)15)14(9(8)2)20(17,18)19/h3-7,15-16H,1-2H3,(H,17,18,19). The van der Waals surface area contributed by atoms with Gasteiger partial charge in [-0.3, -0.25) is 4.55 Å². The van der Waals surface area contributed by atoms with Gasteiger partial charge in [0.1, 0.15) is 16.4 Å². The zero-order valence-electron chi connectivity index (χ0n) is 11.0. The van der Waals surface area contributed by atoms with E-state index in [1.165, 1.54) is 25.1 Å². The van der Waals surface area contributed by atoms with Gasteiger partial charge in [0.2, 0.25) is 0 Å². The summed E-state index contributed by atoms with van der Waals surface area (Å²) < 4.78 is 32.7. The summed E-state index contributed by atoms with van der Waals surface area (Å²) in [5.74, 6) is -0.502. The highest BCUT2D eigenvalue weighted by atomic mass is 32.2. The van der Waals surface area contributed by atoms with Gasteiger partial charge in [-0.2, -0.15) is 8.42 Å². The van der Waals surface area contributed by atoms with E-state index >= 15 is 0 Å². The zero-order chi connectivity index (χ0) is 15.1. The van der Waals surface area contributed by atoms with Crippen LogP contribution in [0.15, 0.2) is 35.2 Å². The number of para-hydroxylation sites is 1. The molecule has 2 rings (SSSR count). The van der Waals surface area contributed by atoms with Crippen molar-refractivity contribution < 1.29 is 23.2 Å². The Morgan fingerprint density at radius 2 is 1.60 bits per heavy atom. The highest BCUT2D eigenvalue weighted by Crippen LogP contribution is 2.42. The van der Waals surface area contributed by atoms with Crippen LogP contribution in [-0.4, -0.2) is 23.2 Å². The first-order chi connectivity index (χ1) is 9.23. The molecule has 0 atom stereocenters. The van der Waals surface area contributed by atoms with E-state index in [-0.39, 0.29) is 22.6 Å². The second kappa shape index (κ2) is 4.81. The number of aromatic hydroxyl groups is 2. The Balaban J connectivity index is 2.97. The van der Waals surface area contributed by atoms with Crippen molar-refractivity contribution in [3.05, 3.63) is 41.5 Å². The molecule has 0 aliphatic heterocycles. The number of aryl methyl sites for hydroxylation is 1. The largest absolute Gasteiger partial charge is 0.507 e. The molecular weight excluding hydrogens is 280 g/mol. The maximum atomic E-state index is 11.6. The number of hydrogen-bond acceptors (Lipinski definition) is 4. The predicted molar refractivity (Wildman–Crippen MR) is 74.5 cm³/mol. The Kier molecular flexibility index (Phi) is 3.45. The maximum Gasteiger partial charge on any atom is 0.295 e. The molecule has 2 aromatic rings. The SMILES string of the molecule is Cc1cc(O)c(-c2ccccc2O)c(S(=O)(=O)O)c1C. The van der Waals surface area contributed by atoms with Crippen LogP contribution in [-0.2, 0) is 10.1 Å². The van der Waals surface area contributed by atoms with E-state index in [9.17, 15) is 23.2 Å². The van der Waals surface area contributed by atoms with Gasteiger partial charge in [-0.15, -0.1) is 0 Å². The lowest BCUT2D eigenvalue weighted by Gasteiger charge is -2.15. The minimum Gasteiger partial charge on any atom is -0.507 e. The van der Waals surface area contributed by atoms with Crippen molar-refractivity contribution in [3.63, 3.8) is 0 Å². The van der Waals surface area contributed by atoms with E-state index in [4.69, 9.17) is 0 Å². The quantitative estimate of drug-likeness (QED) is 0.740. The molecule has 0 saturated heterocycles. The first kappa shape index (κ1) is 14.4. The van der Waals surface area contributed by atoms with Crippen LogP contribution in [0, 0.1) is 13.8 Å². The molecule has 0 spiro atoms. The van der Waals surface area contributed by atoms with Gasteiger partial charge in [-0.25, -0.2) is 0 Å². The Morgan fingerprint density at radius 3 is 2.15 bits per heavy atom. The summed E-state index contributed by atoms with van der Waals surface area (Å²) >= 11 is 0. The fourth-order valence-electron chi connectivity index (χ4n) is 2.14. The molecule has 0 bridgehead atoms. The zero-order valence-corrected chi connectivity index (χ0v) is 11.8. The molecule has 5 nitrogen and oxygen atoms in total. The van der Waals surface area contributed by atoms with Crippen molar-refractivity contribution in [2.45, 2.75) is 18.7 Å². The number of phenols is 2. The van der Waals surface area contributed by atoms with Gasteiger partial charge in [0, 0.05) is 11.1 Å². The van der Waals surface area contributed by atoms with Crippen LogP contribution in [0.1, 0.15) is 11.1 Å². The van der Waals surface area contributed by atoms with Crippen LogP contribution < -0.4 is 0 Å². The normalized spacial score (nSPS) is 11.6. The van der Waals surface area contributed by atoms with Crippen LogP contribution in [0.4, 0.5) is 0 Å². The van der Waals surface area contributed by atoms with Gasteiger partial charge >= 0.3 is 0 Å². The van der Waals surface area contributed by atoms with Gasteiger partial charge in [0.15, 0.2) is 0 Å². The van der Waals surface area contributed by atoms with Gasteiger partial charge in [0.05, 0.1) is 0 Å². The number of benzene rings is 2. The third-order valence-electron chi connectivity index (χ3n) is 3.20. The molecule has 0 heterocycles. The average molecular weight is 294 g/mol. The molecule has 20 heavy (non-hydrogen) atoms. The molecule has 3 N–H and O–H groups in total. The molecule has 6 heteroatoms. The summed E-state index contributed by atoms with van der Waals surface area (Å²) in [5, 5.41) is 19.9. The molecule has 0 aromatic heterocycles. The fraction of sp³-hybridized carbons (Fsp3) is 0.143. The first-order valence-corrected chi connectivity index (χ1v) is 7.26. The minimum absolute atomic E-state index is 0.103. The lowest BCUT2D eigenvalue weighted by Crippen LogP contribution is -2.05. The second-order valence-corrected chi connectivity index (χ2v) is 5.89.